The van der Waals surface area contributed by atoms with Crippen LogP contribution in [0.15, 0.2) is 59.6 Å². The molecule has 1 atom stereocenters. The predicted molar refractivity (Wildman–Crippen MR) is 125 cm³/mol. The summed E-state index contributed by atoms with van der Waals surface area (Å²) in [4.78, 5) is 38.8. The van der Waals surface area contributed by atoms with Crippen LogP contribution in [0.25, 0.3) is 17.0 Å². The quantitative estimate of drug-likeness (QED) is 0.508. The second-order valence-corrected chi connectivity index (χ2v) is 8.59. The van der Waals surface area contributed by atoms with Gasteiger partial charge in [-0.2, -0.15) is 0 Å². The summed E-state index contributed by atoms with van der Waals surface area (Å²) in [7, 11) is 0. The number of hydrogen-bond donors (Lipinski definition) is 1. The Kier molecular flexibility index (Phi) is 6.14. The number of carbonyl (C=O) groups is 3. The molecule has 0 spiro atoms. The Labute approximate surface area is 189 Å². The van der Waals surface area contributed by atoms with Crippen molar-refractivity contribution >= 4 is 51.5 Å². The molecular weight excluding hydrogens is 429 g/mol. The van der Waals surface area contributed by atoms with Crippen molar-refractivity contribution in [3.8, 4) is 0 Å². The molecule has 1 aliphatic rings. The third kappa shape index (κ3) is 4.31. The highest BCUT2D eigenvalue weighted by Gasteiger charge is 2.36. The maximum atomic E-state index is 13.3. The molecular formula is C24H22FN3O3S. The number of carbonyl (C=O) groups excluding carboxylic acids is 3. The molecule has 3 aromatic rings. The van der Waals surface area contributed by atoms with Crippen LogP contribution in [0.2, 0.25) is 0 Å². The van der Waals surface area contributed by atoms with Gasteiger partial charge in [0.2, 0.25) is 5.91 Å². The summed E-state index contributed by atoms with van der Waals surface area (Å²) in [6, 6.07) is 13.6. The first-order chi connectivity index (χ1) is 15.4. The minimum absolute atomic E-state index is 0.260. The van der Waals surface area contributed by atoms with Crippen LogP contribution in [-0.2, 0) is 9.59 Å². The zero-order valence-corrected chi connectivity index (χ0v) is 18.5. The number of benzene rings is 2. The number of amides is 3. The lowest BCUT2D eigenvalue weighted by atomic mass is 10.1. The van der Waals surface area contributed by atoms with Gasteiger partial charge in [-0.1, -0.05) is 31.2 Å². The molecule has 32 heavy (non-hydrogen) atoms. The van der Waals surface area contributed by atoms with Gasteiger partial charge < -0.3 is 9.88 Å². The van der Waals surface area contributed by atoms with E-state index >= 15 is 0 Å². The Morgan fingerprint density at radius 1 is 1.19 bits per heavy atom. The van der Waals surface area contributed by atoms with Crippen molar-refractivity contribution in [1.82, 2.24) is 9.47 Å². The van der Waals surface area contributed by atoms with Crippen molar-refractivity contribution in [3.05, 3.63) is 71.0 Å². The van der Waals surface area contributed by atoms with Crippen LogP contribution in [0, 0.1) is 5.82 Å². The Morgan fingerprint density at radius 3 is 2.72 bits per heavy atom. The number of aromatic nitrogens is 1. The van der Waals surface area contributed by atoms with E-state index in [9.17, 15) is 18.8 Å². The average Bonchev–Trinajstić information content (AvgIpc) is 3.26. The van der Waals surface area contributed by atoms with Gasteiger partial charge in [-0.3, -0.25) is 19.3 Å². The number of imide groups is 1. The van der Waals surface area contributed by atoms with Gasteiger partial charge in [0.1, 0.15) is 12.4 Å². The van der Waals surface area contributed by atoms with Crippen LogP contribution >= 0.6 is 11.8 Å². The number of fused-ring (bicyclic) bond motifs is 1. The molecule has 6 nitrogen and oxygen atoms in total. The minimum atomic E-state index is -0.576. The summed E-state index contributed by atoms with van der Waals surface area (Å²) in [5.74, 6) is -1.59. The lowest BCUT2D eigenvalue weighted by molar-refractivity contribution is -0.127. The van der Waals surface area contributed by atoms with E-state index in [1.165, 1.54) is 24.3 Å². The maximum absolute atomic E-state index is 13.3. The maximum Gasteiger partial charge on any atom is 0.294 e. The number of nitrogens with zero attached hydrogens (tertiary/aromatic N) is 2. The fourth-order valence-electron chi connectivity index (χ4n) is 3.60. The number of anilines is 1. The van der Waals surface area contributed by atoms with Crippen LogP contribution in [0.4, 0.5) is 14.9 Å². The van der Waals surface area contributed by atoms with Crippen molar-refractivity contribution in [2.24, 2.45) is 0 Å². The summed E-state index contributed by atoms with van der Waals surface area (Å²) in [6.07, 6.45) is 4.65. The Balaban J connectivity index is 1.56. The van der Waals surface area contributed by atoms with E-state index in [-0.39, 0.29) is 16.6 Å². The van der Waals surface area contributed by atoms with Gasteiger partial charge in [0, 0.05) is 34.4 Å². The highest BCUT2D eigenvalue weighted by Crippen LogP contribution is 2.35. The van der Waals surface area contributed by atoms with Crippen LogP contribution in [0.3, 0.4) is 0 Å². The summed E-state index contributed by atoms with van der Waals surface area (Å²) in [5, 5.41) is 2.98. The second-order valence-electron chi connectivity index (χ2n) is 7.59. The zero-order valence-electron chi connectivity index (χ0n) is 17.7. The van der Waals surface area contributed by atoms with Crippen molar-refractivity contribution in [1.29, 1.82) is 0 Å². The van der Waals surface area contributed by atoms with Crippen molar-refractivity contribution < 1.29 is 18.8 Å². The monoisotopic (exact) mass is 451 g/mol. The molecule has 0 aliphatic carbocycles. The van der Waals surface area contributed by atoms with Gasteiger partial charge in [0.05, 0.1) is 4.91 Å². The van der Waals surface area contributed by atoms with Gasteiger partial charge in [-0.25, -0.2) is 4.39 Å². The third-order valence-electron chi connectivity index (χ3n) is 5.41. The highest BCUT2D eigenvalue weighted by atomic mass is 32.2. The molecule has 0 saturated carbocycles. The number of halogens is 1. The summed E-state index contributed by atoms with van der Waals surface area (Å²) in [5.41, 5.74) is 2.16. The van der Waals surface area contributed by atoms with Crippen LogP contribution in [-0.4, -0.2) is 33.1 Å². The van der Waals surface area contributed by atoms with E-state index in [4.69, 9.17) is 0 Å². The van der Waals surface area contributed by atoms with Gasteiger partial charge in [0.25, 0.3) is 11.1 Å². The zero-order chi connectivity index (χ0) is 22.8. The van der Waals surface area contributed by atoms with Crippen LogP contribution in [0.1, 0.15) is 31.9 Å². The number of para-hydroxylation sites is 1. The second kappa shape index (κ2) is 9.00. The molecule has 0 unspecified atom stereocenters. The molecule has 3 amide bonds. The van der Waals surface area contributed by atoms with Gasteiger partial charge in [0.15, 0.2) is 0 Å². The van der Waals surface area contributed by atoms with E-state index in [2.05, 4.69) is 23.7 Å². The fraction of sp³-hybridized carbons (Fsp3) is 0.208. The summed E-state index contributed by atoms with van der Waals surface area (Å²) < 4.78 is 15.5. The van der Waals surface area contributed by atoms with Gasteiger partial charge >= 0.3 is 0 Å². The molecule has 1 fully saturated rings. The van der Waals surface area contributed by atoms with Crippen molar-refractivity contribution in [2.75, 3.05) is 11.9 Å². The van der Waals surface area contributed by atoms with Crippen LogP contribution < -0.4 is 5.32 Å². The number of nitrogens with one attached hydrogen (secondary N) is 1. The number of hydrogen-bond acceptors (Lipinski definition) is 4. The van der Waals surface area contributed by atoms with Crippen molar-refractivity contribution in [2.45, 2.75) is 26.3 Å². The topological polar surface area (TPSA) is 71.4 Å². The lowest BCUT2D eigenvalue weighted by Crippen LogP contribution is -2.36. The smallest absolute Gasteiger partial charge is 0.294 e. The van der Waals surface area contributed by atoms with Crippen molar-refractivity contribution in [3.63, 3.8) is 0 Å². The number of rotatable bonds is 6. The highest BCUT2D eigenvalue weighted by molar-refractivity contribution is 8.18. The molecule has 1 aliphatic heterocycles. The molecule has 4 rings (SSSR count). The molecule has 164 valence electrons. The third-order valence-corrected chi connectivity index (χ3v) is 6.31. The molecule has 0 radical (unpaired) electrons. The van der Waals surface area contributed by atoms with E-state index in [0.717, 1.165) is 39.5 Å². The molecule has 8 heteroatoms. The summed E-state index contributed by atoms with van der Waals surface area (Å²) >= 11 is 0.809. The largest absolute Gasteiger partial charge is 0.344 e. The standard InChI is InChI=1S/C24H22FN3O3S/c1-3-15(2)27-13-16(19-9-4-5-10-20(19)27)11-21-23(30)28(24(31)32-21)14-22(29)26-18-8-6-7-17(25)12-18/h4-13,15H,3,14H2,1-2H3,(H,26,29)/b21-11+/t15-/m1/s1. The lowest BCUT2D eigenvalue weighted by Gasteiger charge is -2.12. The first-order valence-corrected chi connectivity index (χ1v) is 11.1. The van der Waals surface area contributed by atoms with Crippen LogP contribution in [0.5, 0.6) is 0 Å². The van der Waals surface area contributed by atoms with E-state index in [0.29, 0.717) is 0 Å². The minimum Gasteiger partial charge on any atom is -0.344 e. The van der Waals surface area contributed by atoms with E-state index < -0.39 is 29.4 Å². The molecule has 1 saturated heterocycles. The Morgan fingerprint density at radius 2 is 1.97 bits per heavy atom. The Bertz CT molecular complexity index is 1250. The van der Waals surface area contributed by atoms with Gasteiger partial charge in [-0.15, -0.1) is 0 Å². The fourth-order valence-corrected chi connectivity index (χ4v) is 4.43. The first kappa shape index (κ1) is 21.8. The Hall–Kier alpha value is -3.39. The molecule has 2 heterocycles. The SMILES string of the molecule is CC[C@@H](C)n1cc(/C=C2/SC(=O)N(CC(=O)Nc3cccc(F)c3)C2=O)c2ccccc21. The van der Waals surface area contributed by atoms with Gasteiger partial charge in [-0.05, 0) is 55.4 Å². The molecule has 2 aromatic carbocycles. The molecule has 1 N–H and O–H groups in total. The average molecular weight is 452 g/mol. The normalized spacial score (nSPS) is 16.2. The van der Waals surface area contributed by atoms with E-state index in [1.807, 2.05) is 30.5 Å². The van der Waals surface area contributed by atoms with E-state index in [1.54, 1.807) is 6.08 Å². The summed E-state index contributed by atoms with van der Waals surface area (Å²) in [6.45, 7) is 3.80. The number of thioether (sulfide) groups is 1. The molecule has 0 bridgehead atoms. The molecule has 1 aromatic heterocycles. The predicted octanol–water partition coefficient (Wildman–Crippen LogP) is 5.43. The first-order valence-electron chi connectivity index (χ1n) is 10.3.